The highest BCUT2D eigenvalue weighted by Gasteiger charge is 2.37. The number of nitrogens with zero attached hydrogens (tertiary/aromatic N) is 6. The van der Waals surface area contributed by atoms with Crippen LogP contribution in [0.5, 0.6) is 5.75 Å². The number of anilines is 3. The van der Waals surface area contributed by atoms with Crippen LogP contribution in [0.25, 0.3) is 0 Å². The van der Waals surface area contributed by atoms with Gasteiger partial charge in [-0.15, -0.1) is 0 Å². The van der Waals surface area contributed by atoms with Crippen molar-refractivity contribution in [2.75, 3.05) is 29.2 Å². The third kappa shape index (κ3) is 3.93. The van der Waals surface area contributed by atoms with E-state index in [1.165, 1.54) is 0 Å². The lowest BCUT2D eigenvalue weighted by molar-refractivity contribution is -0.119. The molecule has 4 heterocycles. The molecule has 1 amide bonds. The molecule has 0 saturated heterocycles. The minimum atomic E-state index is -0.442. The molecule has 1 aliphatic rings. The van der Waals surface area contributed by atoms with Gasteiger partial charge in [0.25, 0.3) is 0 Å². The molecule has 3 aromatic rings. The Bertz CT molecular complexity index is 1140. The molecule has 0 radical (unpaired) electrons. The summed E-state index contributed by atoms with van der Waals surface area (Å²) >= 11 is 0. The zero-order valence-electron chi connectivity index (χ0n) is 18.7. The highest BCUT2D eigenvalue weighted by atomic mass is 16.5. The van der Waals surface area contributed by atoms with Crippen molar-refractivity contribution in [3.05, 3.63) is 59.3 Å². The summed E-state index contributed by atoms with van der Waals surface area (Å²) in [5.41, 5.74) is 10.4. The fourth-order valence-electron chi connectivity index (χ4n) is 4.07. The van der Waals surface area contributed by atoms with Gasteiger partial charge in [0, 0.05) is 36.3 Å². The van der Waals surface area contributed by atoms with E-state index in [9.17, 15) is 4.79 Å². The number of aryl methyl sites for hydroxylation is 1. The van der Waals surface area contributed by atoms with Gasteiger partial charge in [-0.3, -0.25) is 14.8 Å². The molecule has 0 aliphatic carbocycles. The number of carbonyl (C=O) groups is 1. The third-order valence-corrected chi connectivity index (χ3v) is 5.87. The Morgan fingerprint density at radius 2 is 1.91 bits per heavy atom. The number of nitrogen functional groups attached to an aromatic ring is 1. The number of methoxy groups -OCH3 is 1. The minimum Gasteiger partial charge on any atom is -0.496 e. The fraction of sp³-hybridized carbons (Fsp3) is 0.348. The van der Waals surface area contributed by atoms with Crippen molar-refractivity contribution in [3.63, 3.8) is 0 Å². The first kappa shape index (κ1) is 21.5. The summed E-state index contributed by atoms with van der Waals surface area (Å²) in [5, 5.41) is 0. The summed E-state index contributed by atoms with van der Waals surface area (Å²) in [4.78, 5) is 34.4. The molecule has 4 rings (SSSR count). The minimum absolute atomic E-state index is 0.0170. The van der Waals surface area contributed by atoms with E-state index >= 15 is 0 Å². The van der Waals surface area contributed by atoms with Crippen LogP contribution in [0.4, 0.5) is 17.5 Å². The monoisotopic (exact) mass is 433 g/mol. The SMILES string of the molecule is COc1c(C)cnc(CN2c3nc(N)ncc3N(CCc3ccncc3)C(=O)[C@H]2C)c1C. The lowest BCUT2D eigenvalue weighted by Crippen LogP contribution is -2.53. The number of nitrogens with two attached hydrogens (primary N) is 1. The summed E-state index contributed by atoms with van der Waals surface area (Å²) in [5.74, 6) is 1.57. The van der Waals surface area contributed by atoms with Crippen LogP contribution in [-0.2, 0) is 17.8 Å². The maximum atomic E-state index is 13.4. The lowest BCUT2D eigenvalue weighted by atomic mass is 10.1. The zero-order valence-corrected chi connectivity index (χ0v) is 18.7. The molecule has 2 N–H and O–H groups in total. The van der Waals surface area contributed by atoms with E-state index in [2.05, 4.69) is 19.9 Å². The summed E-state index contributed by atoms with van der Waals surface area (Å²) in [6.07, 6.45) is 7.60. The topological polar surface area (TPSA) is 110 Å². The Hall–Kier alpha value is -3.75. The average molecular weight is 434 g/mol. The Labute approximate surface area is 187 Å². The van der Waals surface area contributed by atoms with Gasteiger partial charge in [-0.2, -0.15) is 4.98 Å². The first-order valence-electron chi connectivity index (χ1n) is 10.5. The van der Waals surface area contributed by atoms with Crippen molar-refractivity contribution in [2.45, 2.75) is 39.8 Å². The van der Waals surface area contributed by atoms with E-state index in [1.807, 2.05) is 37.8 Å². The molecule has 32 heavy (non-hydrogen) atoms. The molecule has 0 saturated carbocycles. The van der Waals surface area contributed by atoms with Crippen molar-refractivity contribution in [2.24, 2.45) is 0 Å². The summed E-state index contributed by atoms with van der Waals surface area (Å²) < 4.78 is 5.55. The van der Waals surface area contributed by atoms with Crippen LogP contribution in [0.1, 0.15) is 29.3 Å². The molecular weight excluding hydrogens is 406 g/mol. The highest BCUT2D eigenvalue weighted by molar-refractivity contribution is 6.04. The van der Waals surface area contributed by atoms with E-state index < -0.39 is 6.04 Å². The average Bonchev–Trinajstić information content (AvgIpc) is 2.79. The molecule has 1 aliphatic heterocycles. The van der Waals surface area contributed by atoms with Gasteiger partial charge in [-0.25, -0.2) is 4.98 Å². The zero-order chi connectivity index (χ0) is 22.8. The van der Waals surface area contributed by atoms with Crippen molar-refractivity contribution < 1.29 is 9.53 Å². The van der Waals surface area contributed by atoms with E-state index in [0.29, 0.717) is 31.0 Å². The quantitative estimate of drug-likeness (QED) is 0.631. The van der Waals surface area contributed by atoms with Gasteiger partial charge in [0.15, 0.2) is 5.82 Å². The van der Waals surface area contributed by atoms with Gasteiger partial charge >= 0.3 is 0 Å². The second-order valence-electron chi connectivity index (χ2n) is 7.88. The van der Waals surface area contributed by atoms with Crippen LogP contribution < -0.4 is 20.3 Å². The summed E-state index contributed by atoms with van der Waals surface area (Å²) in [7, 11) is 1.65. The van der Waals surface area contributed by atoms with Crippen LogP contribution in [0.3, 0.4) is 0 Å². The van der Waals surface area contributed by atoms with Crippen LogP contribution >= 0.6 is 0 Å². The van der Waals surface area contributed by atoms with Gasteiger partial charge in [0.05, 0.1) is 25.5 Å². The van der Waals surface area contributed by atoms with Crippen molar-refractivity contribution in [3.8, 4) is 5.75 Å². The fourth-order valence-corrected chi connectivity index (χ4v) is 4.07. The van der Waals surface area contributed by atoms with Gasteiger partial charge in [0.1, 0.15) is 17.5 Å². The van der Waals surface area contributed by atoms with E-state index in [1.54, 1.807) is 36.8 Å². The Kier molecular flexibility index (Phi) is 5.89. The second kappa shape index (κ2) is 8.78. The van der Waals surface area contributed by atoms with Gasteiger partial charge in [-0.1, -0.05) is 0 Å². The second-order valence-corrected chi connectivity index (χ2v) is 7.88. The Morgan fingerprint density at radius 1 is 1.16 bits per heavy atom. The van der Waals surface area contributed by atoms with Crippen LogP contribution in [0.15, 0.2) is 36.9 Å². The molecular formula is C23H27N7O2. The standard InChI is InChI=1S/C23H27N7O2/c1-14-11-26-18(15(2)20(14)32-4)13-30-16(3)22(31)29(10-7-17-5-8-25-9-6-17)19-12-27-23(24)28-21(19)30/h5-6,8-9,11-12,16H,7,10,13H2,1-4H3,(H2,24,27,28)/t16-/m1/s1. The van der Waals surface area contributed by atoms with Crippen LogP contribution in [-0.4, -0.2) is 45.5 Å². The summed E-state index contributed by atoms with van der Waals surface area (Å²) in [6.45, 7) is 6.72. The first-order chi connectivity index (χ1) is 15.4. The van der Waals surface area contributed by atoms with Crippen LogP contribution in [0, 0.1) is 13.8 Å². The molecule has 0 aromatic carbocycles. The number of carbonyl (C=O) groups excluding carboxylic acids is 1. The molecule has 0 unspecified atom stereocenters. The van der Waals surface area contributed by atoms with E-state index in [0.717, 1.165) is 28.1 Å². The largest absolute Gasteiger partial charge is 0.496 e. The van der Waals surface area contributed by atoms with Crippen molar-refractivity contribution in [1.29, 1.82) is 0 Å². The molecule has 3 aromatic heterocycles. The maximum Gasteiger partial charge on any atom is 0.249 e. The molecule has 1 atom stereocenters. The van der Waals surface area contributed by atoms with Gasteiger partial charge in [-0.05, 0) is 44.9 Å². The molecule has 9 heteroatoms. The van der Waals surface area contributed by atoms with Crippen molar-refractivity contribution in [1.82, 2.24) is 19.9 Å². The number of amides is 1. The van der Waals surface area contributed by atoms with Gasteiger partial charge < -0.3 is 20.3 Å². The Balaban J connectivity index is 1.68. The highest BCUT2D eigenvalue weighted by Crippen LogP contribution is 2.36. The normalized spacial score (nSPS) is 15.6. The predicted octanol–water partition coefficient (Wildman–Crippen LogP) is 2.46. The molecule has 0 spiro atoms. The van der Waals surface area contributed by atoms with Crippen LogP contribution in [0.2, 0.25) is 0 Å². The lowest BCUT2D eigenvalue weighted by Gasteiger charge is -2.40. The van der Waals surface area contributed by atoms with E-state index in [4.69, 9.17) is 10.5 Å². The number of pyridine rings is 2. The predicted molar refractivity (Wildman–Crippen MR) is 123 cm³/mol. The molecule has 0 fully saturated rings. The smallest absolute Gasteiger partial charge is 0.249 e. The molecule has 166 valence electrons. The van der Waals surface area contributed by atoms with E-state index in [-0.39, 0.29) is 11.9 Å². The molecule has 0 bridgehead atoms. The third-order valence-electron chi connectivity index (χ3n) is 5.87. The maximum absolute atomic E-state index is 13.4. The first-order valence-corrected chi connectivity index (χ1v) is 10.5. The number of rotatable bonds is 6. The number of ether oxygens (including phenoxy) is 1. The number of aromatic nitrogens is 4. The number of fused-ring (bicyclic) bond motifs is 1. The number of hydrogen-bond acceptors (Lipinski definition) is 8. The summed E-state index contributed by atoms with van der Waals surface area (Å²) in [6, 6.07) is 3.45. The Morgan fingerprint density at radius 3 is 2.62 bits per heavy atom. The van der Waals surface area contributed by atoms with Gasteiger partial charge in [0.2, 0.25) is 11.9 Å². The number of hydrogen-bond donors (Lipinski definition) is 1. The van der Waals surface area contributed by atoms with Crippen molar-refractivity contribution >= 4 is 23.4 Å². The molecule has 9 nitrogen and oxygen atoms in total.